The molecule has 0 saturated heterocycles. The molecule has 3 aromatic rings. The number of rotatable bonds is 6. The van der Waals surface area contributed by atoms with Gasteiger partial charge in [0.15, 0.2) is 17.3 Å². The second-order valence-corrected chi connectivity index (χ2v) is 6.22. The molecule has 1 heterocycles. The van der Waals surface area contributed by atoms with Crippen LogP contribution in [0.25, 0.3) is 11.8 Å². The predicted octanol–water partition coefficient (Wildman–Crippen LogP) is 4.61. The van der Waals surface area contributed by atoms with Crippen molar-refractivity contribution in [1.29, 1.82) is 0 Å². The molecule has 0 saturated carbocycles. The molecule has 7 heteroatoms. The number of carboxylic acid groups (broad SMARTS) is 1. The number of carboxylic acids is 1. The minimum atomic E-state index is -1.10. The molecule has 3 rings (SSSR count). The van der Waals surface area contributed by atoms with Crippen LogP contribution in [0.3, 0.4) is 0 Å². The average molecular weight is 400 g/mol. The number of ether oxygens (including phenoxy) is 1. The maximum atomic E-state index is 14.6. The van der Waals surface area contributed by atoms with Crippen LogP contribution in [-0.2, 0) is 4.79 Å². The SMILES string of the molecule is COc1cccc(C(=O)c2cc(Cl)ccc2-n2cccc2/C=C/C(=O)O)c1F. The Balaban J connectivity index is 2.15. The number of methoxy groups -OCH3 is 1. The van der Waals surface area contributed by atoms with Crippen molar-refractivity contribution in [2.75, 3.05) is 7.11 Å². The lowest BCUT2D eigenvalue weighted by Gasteiger charge is -2.14. The first kappa shape index (κ1) is 19.4. The number of aromatic nitrogens is 1. The van der Waals surface area contributed by atoms with E-state index in [4.69, 9.17) is 21.4 Å². The van der Waals surface area contributed by atoms with Crippen molar-refractivity contribution in [3.05, 3.63) is 88.5 Å². The molecule has 0 fully saturated rings. The van der Waals surface area contributed by atoms with Crippen LogP contribution in [0.5, 0.6) is 5.75 Å². The van der Waals surface area contributed by atoms with Crippen molar-refractivity contribution < 1.29 is 23.8 Å². The zero-order valence-corrected chi connectivity index (χ0v) is 15.5. The van der Waals surface area contributed by atoms with E-state index in [2.05, 4.69) is 0 Å². The van der Waals surface area contributed by atoms with Gasteiger partial charge in [0.25, 0.3) is 0 Å². The summed E-state index contributed by atoms with van der Waals surface area (Å²) in [4.78, 5) is 23.9. The summed E-state index contributed by atoms with van der Waals surface area (Å²) in [5, 5.41) is 9.17. The highest BCUT2D eigenvalue weighted by atomic mass is 35.5. The summed E-state index contributed by atoms with van der Waals surface area (Å²) in [5.41, 5.74) is 0.982. The van der Waals surface area contributed by atoms with Crippen LogP contribution >= 0.6 is 11.6 Å². The molecule has 0 amide bonds. The standard InChI is InChI=1S/C21H15ClFNO4/c1-28-18-6-2-5-15(20(18)23)21(27)16-12-13(22)7-9-17(16)24-11-3-4-14(24)8-10-19(25)26/h2-12H,1H3,(H,25,26)/b10-8+. The summed E-state index contributed by atoms with van der Waals surface area (Å²) in [5.74, 6) is -2.48. The summed E-state index contributed by atoms with van der Waals surface area (Å²) in [7, 11) is 1.32. The third kappa shape index (κ3) is 3.82. The fourth-order valence-corrected chi connectivity index (χ4v) is 2.97. The van der Waals surface area contributed by atoms with Gasteiger partial charge in [0.1, 0.15) is 0 Å². The molecule has 5 nitrogen and oxygen atoms in total. The van der Waals surface area contributed by atoms with Crippen molar-refractivity contribution in [3.8, 4) is 11.4 Å². The van der Waals surface area contributed by atoms with E-state index in [0.717, 1.165) is 6.08 Å². The van der Waals surface area contributed by atoms with Gasteiger partial charge in [-0.05, 0) is 48.5 Å². The molecule has 0 unspecified atom stereocenters. The molecule has 0 aliphatic rings. The van der Waals surface area contributed by atoms with E-state index in [-0.39, 0.29) is 16.9 Å². The highest BCUT2D eigenvalue weighted by Crippen LogP contribution is 2.28. The fourth-order valence-electron chi connectivity index (χ4n) is 2.80. The highest BCUT2D eigenvalue weighted by molar-refractivity contribution is 6.31. The Kier molecular flexibility index (Phi) is 5.61. The zero-order chi connectivity index (χ0) is 20.3. The van der Waals surface area contributed by atoms with Crippen molar-refractivity contribution in [2.45, 2.75) is 0 Å². The van der Waals surface area contributed by atoms with Crippen LogP contribution in [0, 0.1) is 5.82 Å². The number of hydrogen-bond acceptors (Lipinski definition) is 3. The highest BCUT2D eigenvalue weighted by Gasteiger charge is 2.21. The third-order valence-corrected chi connectivity index (χ3v) is 4.30. The Morgan fingerprint density at radius 2 is 1.93 bits per heavy atom. The van der Waals surface area contributed by atoms with E-state index in [1.807, 2.05) is 0 Å². The number of benzene rings is 2. The molecule has 0 atom stereocenters. The van der Waals surface area contributed by atoms with Crippen molar-refractivity contribution in [2.24, 2.45) is 0 Å². The molecule has 0 radical (unpaired) electrons. The third-order valence-electron chi connectivity index (χ3n) is 4.07. The maximum absolute atomic E-state index is 14.6. The van der Waals surface area contributed by atoms with Crippen LogP contribution in [-0.4, -0.2) is 28.5 Å². The van der Waals surface area contributed by atoms with E-state index in [1.165, 1.54) is 37.5 Å². The maximum Gasteiger partial charge on any atom is 0.328 e. The van der Waals surface area contributed by atoms with Gasteiger partial charge in [-0.1, -0.05) is 17.7 Å². The van der Waals surface area contributed by atoms with Crippen LogP contribution in [0.2, 0.25) is 5.02 Å². The van der Waals surface area contributed by atoms with E-state index >= 15 is 0 Å². The molecule has 0 spiro atoms. The van der Waals surface area contributed by atoms with Gasteiger partial charge in [-0.25, -0.2) is 9.18 Å². The van der Waals surface area contributed by atoms with Crippen LogP contribution in [0.15, 0.2) is 60.8 Å². The zero-order valence-electron chi connectivity index (χ0n) is 14.7. The van der Waals surface area contributed by atoms with E-state index < -0.39 is 17.6 Å². The first-order chi connectivity index (χ1) is 13.4. The lowest BCUT2D eigenvalue weighted by Crippen LogP contribution is -2.10. The lowest BCUT2D eigenvalue weighted by molar-refractivity contribution is -0.131. The number of carbonyl (C=O) groups is 2. The molecule has 0 bridgehead atoms. The van der Waals surface area contributed by atoms with Gasteiger partial charge in [0.05, 0.1) is 18.4 Å². The first-order valence-electron chi connectivity index (χ1n) is 8.18. The number of halogens is 2. The molecule has 0 aliphatic heterocycles. The summed E-state index contributed by atoms with van der Waals surface area (Å²) in [6.45, 7) is 0. The predicted molar refractivity (Wildman–Crippen MR) is 104 cm³/mol. The molecular formula is C21H15ClFNO4. The number of carbonyl (C=O) groups excluding carboxylic acids is 1. The van der Waals surface area contributed by atoms with Crippen LogP contribution in [0.1, 0.15) is 21.6 Å². The lowest BCUT2D eigenvalue weighted by atomic mass is 10.0. The number of nitrogens with zero attached hydrogens (tertiary/aromatic N) is 1. The molecule has 1 N–H and O–H groups in total. The van der Waals surface area contributed by atoms with Crippen molar-refractivity contribution in [1.82, 2.24) is 4.57 Å². The topological polar surface area (TPSA) is 68.5 Å². The second-order valence-electron chi connectivity index (χ2n) is 5.79. The van der Waals surface area contributed by atoms with Crippen molar-refractivity contribution >= 4 is 29.4 Å². The van der Waals surface area contributed by atoms with E-state index in [0.29, 0.717) is 16.4 Å². The molecule has 0 aliphatic carbocycles. The monoisotopic (exact) mass is 399 g/mol. The number of hydrogen-bond donors (Lipinski definition) is 1. The summed E-state index contributed by atoms with van der Waals surface area (Å²) in [6.07, 6.45) is 4.06. The molecular weight excluding hydrogens is 385 g/mol. The first-order valence-corrected chi connectivity index (χ1v) is 8.55. The smallest absolute Gasteiger partial charge is 0.328 e. The molecule has 142 valence electrons. The van der Waals surface area contributed by atoms with E-state index in [1.54, 1.807) is 35.0 Å². The Bertz CT molecular complexity index is 1090. The van der Waals surface area contributed by atoms with Gasteiger partial charge < -0.3 is 14.4 Å². The Hall–Kier alpha value is -3.38. The van der Waals surface area contributed by atoms with Gasteiger partial charge in [0, 0.05) is 28.6 Å². The normalized spacial score (nSPS) is 11.0. The van der Waals surface area contributed by atoms with Crippen LogP contribution < -0.4 is 4.74 Å². The van der Waals surface area contributed by atoms with Gasteiger partial charge >= 0.3 is 5.97 Å². The Morgan fingerprint density at radius 3 is 2.64 bits per heavy atom. The second kappa shape index (κ2) is 8.10. The van der Waals surface area contributed by atoms with Crippen LogP contribution in [0.4, 0.5) is 4.39 Å². The van der Waals surface area contributed by atoms with Gasteiger partial charge in [-0.3, -0.25) is 4.79 Å². The molecule has 28 heavy (non-hydrogen) atoms. The minimum absolute atomic E-state index is 0.0412. The minimum Gasteiger partial charge on any atom is -0.494 e. The largest absolute Gasteiger partial charge is 0.494 e. The summed E-state index contributed by atoms with van der Waals surface area (Å²) < 4.78 is 21.2. The number of ketones is 1. The average Bonchev–Trinajstić information content (AvgIpc) is 3.14. The fraction of sp³-hybridized carbons (Fsp3) is 0.0476. The van der Waals surface area contributed by atoms with Crippen molar-refractivity contribution in [3.63, 3.8) is 0 Å². The number of aliphatic carboxylic acids is 1. The van der Waals surface area contributed by atoms with Gasteiger partial charge in [0.2, 0.25) is 0 Å². The quantitative estimate of drug-likeness (QED) is 0.485. The Morgan fingerprint density at radius 1 is 1.14 bits per heavy atom. The Labute approximate surface area is 165 Å². The molecule has 2 aromatic carbocycles. The molecule has 1 aromatic heterocycles. The summed E-state index contributed by atoms with van der Waals surface area (Å²) in [6, 6.07) is 12.4. The summed E-state index contributed by atoms with van der Waals surface area (Å²) >= 11 is 6.08. The van der Waals surface area contributed by atoms with Gasteiger partial charge in [-0.2, -0.15) is 0 Å². The van der Waals surface area contributed by atoms with E-state index in [9.17, 15) is 14.0 Å². The van der Waals surface area contributed by atoms with Gasteiger partial charge in [-0.15, -0.1) is 0 Å².